The molecule has 3 nitrogen and oxygen atoms in total. The Hall–Kier alpha value is -0.220. The van der Waals surface area contributed by atoms with E-state index in [9.17, 15) is 0 Å². The Morgan fingerprint density at radius 3 is 3.00 bits per heavy atom. The van der Waals surface area contributed by atoms with E-state index < -0.39 is 0 Å². The first-order chi connectivity index (χ1) is 6.85. The molecule has 1 N–H and O–H groups in total. The molecule has 1 saturated heterocycles. The zero-order chi connectivity index (χ0) is 9.86. The van der Waals surface area contributed by atoms with E-state index in [1.807, 2.05) is 11.8 Å². The molecule has 1 saturated carbocycles. The van der Waals surface area contributed by atoms with Crippen LogP contribution in [0.25, 0.3) is 0 Å². The zero-order valence-electron chi connectivity index (χ0n) is 8.71. The van der Waals surface area contributed by atoms with E-state index >= 15 is 0 Å². The molecule has 80 valence electrons. The number of ether oxygens (including phenoxy) is 1. The van der Waals surface area contributed by atoms with Gasteiger partial charge in [0.25, 0.3) is 0 Å². The minimum absolute atomic E-state index is 0.399. The van der Waals surface area contributed by atoms with E-state index in [1.165, 1.54) is 31.4 Å². The Labute approximate surface area is 89.7 Å². The Morgan fingerprint density at radius 2 is 2.29 bits per heavy atom. The van der Waals surface area contributed by atoms with Gasteiger partial charge in [0.1, 0.15) is 0 Å². The highest BCUT2D eigenvalue weighted by Crippen LogP contribution is 2.37. The molecule has 2 rings (SSSR count). The maximum Gasteiger partial charge on any atom is 0.157 e. The van der Waals surface area contributed by atoms with E-state index in [4.69, 9.17) is 4.74 Å². The van der Waals surface area contributed by atoms with Crippen molar-refractivity contribution in [2.45, 2.75) is 31.2 Å². The van der Waals surface area contributed by atoms with Crippen LogP contribution in [0.15, 0.2) is 4.99 Å². The van der Waals surface area contributed by atoms with E-state index in [0.29, 0.717) is 5.54 Å². The third kappa shape index (κ3) is 2.23. The van der Waals surface area contributed by atoms with E-state index in [0.717, 1.165) is 18.3 Å². The molecular weight excluding hydrogens is 196 g/mol. The molecule has 1 spiro atoms. The largest absolute Gasteiger partial charge is 0.383 e. The van der Waals surface area contributed by atoms with Gasteiger partial charge in [-0.1, -0.05) is 24.6 Å². The molecule has 4 heteroatoms. The first kappa shape index (κ1) is 10.3. The molecule has 0 aromatic heterocycles. The molecule has 1 aliphatic heterocycles. The van der Waals surface area contributed by atoms with Crippen LogP contribution < -0.4 is 5.32 Å². The summed E-state index contributed by atoms with van der Waals surface area (Å²) >= 11 is 1.87. The lowest BCUT2D eigenvalue weighted by molar-refractivity contribution is 0.208. The van der Waals surface area contributed by atoms with Crippen molar-refractivity contribution in [2.24, 2.45) is 4.99 Å². The number of hydrogen-bond acceptors (Lipinski definition) is 3. The number of nitrogens with one attached hydrogen (secondary N) is 1. The number of thioether (sulfide) groups is 1. The molecule has 0 atom stereocenters. The molecule has 0 radical (unpaired) electrons. The van der Waals surface area contributed by atoms with Gasteiger partial charge < -0.3 is 10.1 Å². The van der Waals surface area contributed by atoms with Crippen LogP contribution in [0.1, 0.15) is 25.7 Å². The lowest BCUT2D eigenvalue weighted by Crippen LogP contribution is -2.40. The Balaban J connectivity index is 1.84. The highest BCUT2D eigenvalue weighted by atomic mass is 32.2. The normalized spacial score (nSPS) is 27.4. The fourth-order valence-electron chi connectivity index (χ4n) is 2.15. The van der Waals surface area contributed by atoms with Gasteiger partial charge in [-0.15, -0.1) is 0 Å². The molecule has 2 aliphatic rings. The summed E-state index contributed by atoms with van der Waals surface area (Å²) in [5, 5.41) is 4.71. The number of hydrogen-bond donors (Lipinski definition) is 1. The van der Waals surface area contributed by atoms with Gasteiger partial charge in [-0.25, -0.2) is 0 Å². The van der Waals surface area contributed by atoms with Crippen molar-refractivity contribution in [2.75, 3.05) is 26.0 Å². The molecule has 1 aliphatic carbocycles. The smallest absolute Gasteiger partial charge is 0.157 e. The topological polar surface area (TPSA) is 33.6 Å². The highest BCUT2D eigenvalue weighted by molar-refractivity contribution is 8.14. The second-order valence-electron chi connectivity index (χ2n) is 4.08. The van der Waals surface area contributed by atoms with Crippen LogP contribution >= 0.6 is 11.8 Å². The van der Waals surface area contributed by atoms with Crippen LogP contribution in [0.3, 0.4) is 0 Å². The van der Waals surface area contributed by atoms with Gasteiger partial charge in [0.2, 0.25) is 0 Å². The summed E-state index contributed by atoms with van der Waals surface area (Å²) < 4.78 is 4.97. The van der Waals surface area contributed by atoms with Gasteiger partial charge in [0.15, 0.2) is 5.17 Å². The third-order valence-electron chi connectivity index (χ3n) is 2.97. The van der Waals surface area contributed by atoms with Crippen molar-refractivity contribution < 1.29 is 4.74 Å². The summed E-state index contributed by atoms with van der Waals surface area (Å²) in [4.78, 5) is 4.48. The summed E-state index contributed by atoms with van der Waals surface area (Å²) in [5.41, 5.74) is 0.399. The predicted octanol–water partition coefficient (Wildman–Crippen LogP) is 1.64. The van der Waals surface area contributed by atoms with Gasteiger partial charge in [-0.3, -0.25) is 4.99 Å². The van der Waals surface area contributed by atoms with Gasteiger partial charge in [0.05, 0.1) is 13.2 Å². The van der Waals surface area contributed by atoms with Crippen molar-refractivity contribution in [3.8, 4) is 0 Å². The predicted molar refractivity (Wildman–Crippen MR) is 61.0 cm³/mol. The highest BCUT2D eigenvalue weighted by Gasteiger charge is 2.39. The fourth-order valence-corrected chi connectivity index (χ4v) is 3.40. The zero-order valence-corrected chi connectivity index (χ0v) is 9.53. The lowest BCUT2D eigenvalue weighted by Gasteiger charge is -2.21. The van der Waals surface area contributed by atoms with E-state index in [2.05, 4.69) is 10.3 Å². The molecule has 0 amide bonds. The summed E-state index contributed by atoms with van der Waals surface area (Å²) in [7, 11) is 1.72. The summed E-state index contributed by atoms with van der Waals surface area (Å²) in [5.74, 6) is 1.21. The number of nitrogens with zero attached hydrogens (tertiary/aromatic N) is 1. The quantitative estimate of drug-likeness (QED) is 0.725. The maximum absolute atomic E-state index is 4.97. The number of rotatable bonds is 3. The van der Waals surface area contributed by atoms with Crippen LogP contribution in [0, 0.1) is 0 Å². The molecule has 0 aromatic rings. The molecule has 0 bridgehead atoms. The van der Waals surface area contributed by atoms with Crippen LogP contribution in [0.5, 0.6) is 0 Å². The first-order valence-corrected chi connectivity index (χ1v) is 6.28. The van der Waals surface area contributed by atoms with Crippen LogP contribution in [0.4, 0.5) is 0 Å². The van der Waals surface area contributed by atoms with Crippen molar-refractivity contribution in [3.63, 3.8) is 0 Å². The van der Waals surface area contributed by atoms with Gasteiger partial charge in [-0.05, 0) is 12.8 Å². The molecule has 0 aromatic carbocycles. The van der Waals surface area contributed by atoms with Crippen molar-refractivity contribution >= 4 is 16.9 Å². The Morgan fingerprint density at radius 1 is 1.50 bits per heavy atom. The summed E-state index contributed by atoms with van der Waals surface area (Å²) in [6.07, 6.45) is 5.39. The molecule has 0 unspecified atom stereocenters. The van der Waals surface area contributed by atoms with E-state index in [1.54, 1.807) is 7.11 Å². The SMILES string of the molecule is COCCN=C1NC2(CCCC2)CS1. The van der Waals surface area contributed by atoms with Gasteiger partial charge >= 0.3 is 0 Å². The van der Waals surface area contributed by atoms with Crippen LogP contribution in [0.2, 0.25) is 0 Å². The van der Waals surface area contributed by atoms with Crippen molar-refractivity contribution in [1.29, 1.82) is 0 Å². The maximum atomic E-state index is 4.97. The number of amidine groups is 1. The fraction of sp³-hybridized carbons (Fsp3) is 0.900. The van der Waals surface area contributed by atoms with Crippen LogP contribution in [-0.4, -0.2) is 36.7 Å². The first-order valence-electron chi connectivity index (χ1n) is 5.29. The second kappa shape index (κ2) is 4.53. The third-order valence-corrected chi connectivity index (χ3v) is 4.17. The Kier molecular flexibility index (Phi) is 3.34. The standard InChI is InChI=1S/C10H18N2OS/c1-13-7-6-11-9-12-10(8-14-9)4-2-3-5-10/h2-8H2,1H3,(H,11,12). The lowest BCUT2D eigenvalue weighted by atomic mass is 10.0. The summed E-state index contributed by atoms with van der Waals surface area (Å²) in [6, 6.07) is 0. The molecule has 14 heavy (non-hydrogen) atoms. The van der Waals surface area contributed by atoms with E-state index in [-0.39, 0.29) is 0 Å². The van der Waals surface area contributed by atoms with Gasteiger partial charge in [-0.2, -0.15) is 0 Å². The van der Waals surface area contributed by atoms with Crippen LogP contribution in [-0.2, 0) is 4.74 Å². The summed E-state index contributed by atoms with van der Waals surface area (Å²) in [6.45, 7) is 1.50. The van der Waals surface area contributed by atoms with Crippen molar-refractivity contribution in [3.05, 3.63) is 0 Å². The second-order valence-corrected chi connectivity index (χ2v) is 5.04. The monoisotopic (exact) mass is 214 g/mol. The average molecular weight is 214 g/mol. The molecular formula is C10H18N2OS. The Bertz CT molecular complexity index is 224. The number of aliphatic imine (C=N–C) groups is 1. The molecule has 2 fully saturated rings. The minimum Gasteiger partial charge on any atom is -0.383 e. The minimum atomic E-state index is 0.399. The average Bonchev–Trinajstić information content (AvgIpc) is 2.79. The van der Waals surface area contributed by atoms with Crippen molar-refractivity contribution in [1.82, 2.24) is 5.32 Å². The number of methoxy groups -OCH3 is 1. The van der Waals surface area contributed by atoms with Gasteiger partial charge in [0, 0.05) is 18.4 Å². The molecule has 1 heterocycles.